The Hall–Kier alpha value is -3.95. The number of fused-ring (bicyclic) bond motifs is 1. The predicted molar refractivity (Wildman–Crippen MR) is 160 cm³/mol. The van der Waals surface area contributed by atoms with Crippen LogP contribution in [0.15, 0.2) is 39.9 Å². The Balaban J connectivity index is 1.76. The topological polar surface area (TPSA) is 125 Å². The van der Waals surface area contributed by atoms with Gasteiger partial charge in [0.2, 0.25) is 0 Å². The Morgan fingerprint density at radius 1 is 0.905 bits per heavy atom. The van der Waals surface area contributed by atoms with E-state index >= 15 is 0 Å². The fourth-order valence-corrected chi connectivity index (χ4v) is 6.51. The average molecular weight is 577 g/mol. The van der Waals surface area contributed by atoms with E-state index in [-0.39, 0.29) is 41.0 Å². The molecule has 5 rings (SSSR count). The Bertz CT molecular complexity index is 1570. The maximum absolute atomic E-state index is 14.2. The van der Waals surface area contributed by atoms with Gasteiger partial charge in [0.15, 0.2) is 17.0 Å². The fraction of sp³-hybridized carbons (Fsp3) is 0.531. The summed E-state index contributed by atoms with van der Waals surface area (Å²) in [5.74, 6) is -1.48. The van der Waals surface area contributed by atoms with Crippen molar-refractivity contribution in [3.63, 3.8) is 0 Å². The van der Waals surface area contributed by atoms with Crippen molar-refractivity contribution in [2.75, 3.05) is 6.61 Å². The lowest BCUT2D eigenvalue weighted by Gasteiger charge is -2.25. The smallest absolute Gasteiger partial charge is 0.339 e. The summed E-state index contributed by atoms with van der Waals surface area (Å²) in [7, 11) is 0. The van der Waals surface area contributed by atoms with Crippen molar-refractivity contribution in [2.24, 2.45) is 11.8 Å². The van der Waals surface area contributed by atoms with Crippen molar-refractivity contribution in [1.29, 1.82) is 0 Å². The van der Waals surface area contributed by atoms with Crippen LogP contribution in [0.25, 0.3) is 22.8 Å². The lowest BCUT2D eigenvalue weighted by Crippen LogP contribution is -2.43. The number of benzene rings is 1. The van der Waals surface area contributed by atoms with Gasteiger partial charge in [-0.05, 0) is 56.1 Å². The molecule has 0 saturated heterocycles. The number of imidazole rings is 1. The summed E-state index contributed by atoms with van der Waals surface area (Å²) in [6, 6.07) is 8.93. The first kappa shape index (κ1) is 29.5. The zero-order valence-corrected chi connectivity index (χ0v) is 24.3. The first-order valence-electron chi connectivity index (χ1n) is 15.3. The molecule has 2 aliphatic rings. The number of aliphatic carboxylic acids is 1. The highest BCUT2D eigenvalue weighted by molar-refractivity contribution is 6.20. The van der Waals surface area contributed by atoms with Crippen LogP contribution >= 0.6 is 0 Å². The van der Waals surface area contributed by atoms with Gasteiger partial charge in [0, 0.05) is 13.1 Å². The summed E-state index contributed by atoms with van der Waals surface area (Å²) >= 11 is 0. The van der Waals surface area contributed by atoms with Gasteiger partial charge in [-0.3, -0.25) is 18.7 Å². The second-order valence-electron chi connectivity index (χ2n) is 11.6. The van der Waals surface area contributed by atoms with Crippen molar-refractivity contribution in [1.82, 2.24) is 18.7 Å². The number of carbonyl (C=O) groups is 2. The third kappa shape index (κ3) is 6.42. The molecule has 10 nitrogen and oxygen atoms in total. The van der Waals surface area contributed by atoms with Crippen LogP contribution in [-0.2, 0) is 34.0 Å². The molecule has 2 aromatic heterocycles. The monoisotopic (exact) mass is 576 g/mol. The van der Waals surface area contributed by atoms with Crippen LogP contribution in [0.4, 0.5) is 0 Å². The standard InChI is InChI=1S/C32H40N4O6/c1-2-42-26(37)21-34-27-29(33-28(34)25(31(39)40)18-22-12-6-3-7-13-22)35(19-23-14-8-4-9-15-23)32(41)36(30(27)38)20-24-16-10-5-11-17-24/h3,6-7,12-13,18,23-24H,2,4-5,8-11,14-17,19-21H2,1H3,(H,39,40)/b25-18+. The van der Waals surface area contributed by atoms with Crippen LogP contribution in [0.2, 0.25) is 0 Å². The normalized spacial score (nSPS) is 17.0. The molecule has 10 heteroatoms. The quantitative estimate of drug-likeness (QED) is 0.274. The van der Waals surface area contributed by atoms with Crippen LogP contribution in [0.5, 0.6) is 0 Å². The highest BCUT2D eigenvalue weighted by Gasteiger charge is 2.29. The van der Waals surface area contributed by atoms with E-state index in [4.69, 9.17) is 4.74 Å². The van der Waals surface area contributed by atoms with E-state index in [1.807, 2.05) is 6.07 Å². The van der Waals surface area contributed by atoms with E-state index in [9.17, 15) is 24.3 Å². The van der Waals surface area contributed by atoms with E-state index in [2.05, 4.69) is 4.98 Å². The SMILES string of the molecule is CCOC(=O)Cn1c(/C(=C\c2ccccc2)C(=O)O)nc2c1c(=O)n(CC1CCCCC1)c(=O)n2CC1CCCCC1. The molecular formula is C32H40N4O6. The molecule has 0 spiro atoms. The Morgan fingerprint density at radius 3 is 2.07 bits per heavy atom. The first-order valence-corrected chi connectivity index (χ1v) is 15.3. The summed E-state index contributed by atoms with van der Waals surface area (Å²) in [4.78, 5) is 58.3. The molecule has 0 atom stereocenters. The van der Waals surface area contributed by atoms with Gasteiger partial charge in [0.25, 0.3) is 5.56 Å². The van der Waals surface area contributed by atoms with E-state index in [0.29, 0.717) is 18.7 Å². The molecule has 0 aliphatic heterocycles. The number of carbonyl (C=O) groups excluding carboxylic acids is 1. The van der Waals surface area contributed by atoms with Crippen molar-refractivity contribution >= 4 is 34.8 Å². The van der Waals surface area contributed by atoms with Crippen LogP contribution in [-0.4, -0.2) is 42.3 Å². The van der Waals surface area contributed by atoms with Crippen LogP contribution in [0.1, 0.15) is 82.5 Å². The number of ether oxygens (including phenoxy) is 1. The summed E-state index contributed by atoms with van der Waals surface area (Å²) in [5.41, 5.74) is -0.345. The minimum atomic E-state index is -1.26. The number of esters is 1. The molecule has 1 aromatic carbocycles. The molecular weight excluding hydrogens is 536 g/mol. The van der Waals surface area contributed by atoms with Crippen LogP contribution < -0.4 is 11.2 Å². The molecule has 0 unspecified atom stereocenters. The number of carboxylic acids is 1. The van der Waals surface area contributed by atoms with Crippen molar-refractivity contribution in [2.45, 2.75) is 90.8 Å². The number of nitrogens with zero attached hydrogens (tertiary/aromatic N) is 4. The molecule has 2 aliphatic carbocycles. The molecule has 2 saturated carbocycles. The molecule has 2 heterocycles. The summed E-state index contributed by atoms with van der Waals surface area (Å²) < 4.78 is 9.41. The van der Waals surface area contributed by atoms with Gasteiger partial charge in [0.05, 0.1) is 6.61 Å². The van der Waals surface area contributed by atoms with Gasteiger partial charge in [-0.2, -0.15) is 0 Å². The second-order valence-corrected chi connectivity index (χ2v) is 11.6. The molecule has 2 fully saturated rings. The van der Waals surface area contributed by atoms with Gasteiger partial charge in [-0.15, -0.1) is 0 Å². The average Bonchev–Trinajstić information content (AvgIpc) is 3.36. The Morgan fingerprint density at radius 2 is 1.50 bits per heavy atom. The van der Waals surface area contributed by atoms with Crippen molar-refractivity contribution in [3.05, 3.63) is 62.6 Å². The fourth-order valence-electron chi connectivity index (χ4n) is 6.51. The molecule has 224 valence electrons. The maximum atomic E-state index is 14.2. The lowest BCUT2D eigenvalue weighted by atomic mass is 9.89. The Kier molecular flexibility index (Phi) is 9.39. The summed E-state index contributed by atoms with van der Waals surface area (Å²) in [5, 5.41) is 10.3. The summed E-state index contributed by atoms with van der Waals surface area (Å²) in [6.45, 7) is 2.09. The third-order valence-corrected chi connectivity index (χ3v) is 8.62. The van der Waals surface area contributed by atoms with Gasteiger partial charge in [-0.25, -0.2) is 14.6 Å². The minimum absolute atomic E-state index is 0.0567. The van der Waals surface area contributed by atoms with Crippen LogP contribution in [0, 0.1) is 11.8 Å². The number of rotatable bonds is 10. The van der Waals surface area contributed by atoms with E-state index in [1.165, 1.54) is 15.2 Å². The molecule has 0 bridgehead atoms. The molecule has 42 heavy (non-hydrogen) atoms. The van der Waals surface area contributed by atoms with E-state index in [1.54, 1.807) is 35.8 Å². The van der Waals surface area contributed by atoms with Gasteiger partial charge in [-0.1, -0.05) is 68.9 Å². The summed E-state index contributed by atoms with van der Waals surface area (Å²) in [6.07, 6.45) is 11.9. The van der Waals surface area contributed by atoms with Gasteiger partial charge < -0.3 is 14.4 Å². The molecule has 0 amide bonds. The first-order chi connectivity index (χ1) is 20.4. The van der Waals surface area contributed by atoms with E-state index in [0.717, 1.165) is 64.2 Å². The van der Waals surface area contributed by atoms with Crippen molar-refractivity contribution < 1.29 is 19.4 Å². The number of aromatic nitrogens is 4. The molecule has 0 radical (unpaired) electrons. The van der Waals surface area contributed by atoms with E-state index < -0.39 is 29.7 Å². The van der Waals surface area contributed by atoms with Gasteiger partial charge in [0.1, 0.15) is 12.1 Å². The number of hydrogen-bond donors (Lipinski definition) is 1. The molecule has 3 aromatic rings. The number of hydrogen-bond acceptors (Lipinski definition) is 6. The number of carboxylic acid groups (broad SMARTS) is 1. The lowest BCUT2D eigenvalue weighted by molar-refractivity contribution is -0.143. The highest BCUT2D eigenvalue weighted by atomic mass is 16.5. The highest BCUT2D eigenvalue weighted by Crippen LogP contribution is 2.28. The van der Waals surface area contributed by atoms with Crippen LogP contribution in [0.3, 0.4) is 0 Å². The largest absolute Gasteiger partial charge is 0.478 e. The third-order valence-electron chi connectivity index (χ3n) is 8.62. The second kappa shape index (κ2) is 13.4. The zero-order chi connectivity index (χ0) is 29.6. The van der Waals surface area contributed by atoms with Gasteiger partial charge >= 0.3 is 17.6 Å². The van der Waals surface area contributed by atoms with Crippen molar-refractivity contribution in [3.8, 4) is 0 Å². The molecule has 1 N–H and O–H groups in total. The maximum Gasteiger partial charge on any atom is 0.339 e. The zero-order valence-electron chi connectivity index (χ0n) is 24.3. The predicted octanol–water partition coefficient (Wildman–Crippen LogP) is 4.71. The minimum Gasteiger partial charge on any atom is -0.478 e. The Labute approximate surface area is 244 Å².